The molecule has 1 unspecified atom stereocenters. The molecule has 1 atom stereocenters. The Labute approximate surface area is 120 Å². The first-order valence-corrected chi connectivity index (χ1v) is 8.35. The van der Waals surface area contributed by atoms with Crippen LogP contribution in [0.5, 0.6) is 0 Å². The van der Waals surface area contributed by atoms with E-state index < -0.39 is 10.0 Å². The van der Waals surface area contributed by atoms with Crippen molar-refractivity contribution < 1.29 is 8.42 Å². The molecule has 1 aromatic heterocycles. The first-order chi connectivity index (χ1) is 9.46. The van der Waals surface area contributed by atoms with Crippen LogP contribution in [-0.2, 0) is 10.0 Å². The van der Waals surface area contributed by atoms with Gasteiger partial charge in [0.1, 0.15) is 10.7 Å². The summed E-state index contributed by atoms with van der Waals surface area (Å²) in [5.41, 5.74) is 5.68. The molecule has 1 saturated heterocycles. The summed E-state index contributed by atoms with van der Waals surface area (Å²) in [7, 11) is -3.53. The molecule has 1 aromatic rings. The van der Waals surface area contributed by atoms with Crippen molar-refractivity contribution in [2.45, 2.75) is 31.2 Å². The highest BCUT2D eigenvalue weighted by molar-refractivity contribution is 7.89. The molecule has 0 spiro atoms. The standard InChI is InChI=1S/C13H22N4O2S/c1-3-11(2)16-7-9-17(10-8-16)20(18,19)12-5-4-6-15-13(12)14/h4-6,11H,3,7-10H2,1-2H3,(H2,14,15). The Bertz CT molecular complexity index is 553. The van der Waals surface area contributed by atoms with E-state index >= 15 is 0 Å². The number of nitrogens with two attached hydrogens (primary N) is 1. The molecule has 2 rings (SSSR count). The molecule has 0 aliphatic carbocycles. The van der Waals surface area contributed by atoms with Crippen LogP contribution in [0.3, 0.4) is 0 Å². The maximum Gasteiger partial charge on any atom is 0.246 e. The fraction of sp³-hybridized carbons (Fsp3) is 0.615. The molecule has 1 aliphatic rings. The van der Waals surface area contributed by atoms with Crippen LogP contribution in [0.25, 0.3) is 0 Å². The van der Waals surface area contributed by atoms with Crippen LogP contribution in [0, 0.1) is 0 Å². The number of nitrogens with zero attached hydrogens (tertiary/aromatic N) is 3. The smallest absolute Gasteiger partial charge is 0.246 e. The number of nitrogen functional groups attached to an aromatic ring is 1. The molecule has 0 amide bonds. The first-order valence-electron chi connectivity index (χ1n) is 6.91. The number of hydrogen-bond donors (Lipinski definition) is 1. The van der Waals surface area contributed by atoms with E-state index in [4.69, 9.17) is 5.73 Å². The van der Waals surface area contributed by atoms with Gasteiger partial charge in [0, 0.05) is 38.4 Å². The lowest BCUT2D eigenvalue weighted by atomic mass is 10.2. The van der Waals surface area contributed by atoms with E-state index in [1.54, 1.807) is 6.07 Å². The second kappa shape index (κ2) is 6.07. The maximum absolute atomic E-state index is 12.5. The van der Waals surface area contributed by atoms with Gasteiger partial charge in [-0.2, -0.15) is 4.31 Å². The number of sulfonamides is 1. The van der Waals surface area contributed by atoms with Gasteiger partial charge >= 0.3 is 0 Å². The Morgan fingerprint density at radius 1 is 1.35 bits per heavy atom. The molecule has 0 aromatic carbocycles. The minimum absolute atomic E-state index is 0.0665. The zero-order valence-electron chi connectivity index (χ0n) is 12.0. The Hall–Kier alpha value is -1.18. The van der Waals surface area contributed by atoms with Gasteiger partial charge in [0.25, 0.3) is 0 Å². The summed E-state index contributed by atoms with van der Waals surface area (Å²) >= 11 is 0. The molecule has 0 radical (unpaired) electrons. The number of pyridine rings is 1. The summed E-state index contributed by atoms with van der Waals surface area (Å²) in [6.45, 7) is 6.83. The molecular weight excluding hydrogens is 276 g/mol. The summed E-state index contributed by atoms with van der Waals surface area (Å²) in [5, 5.41) is 0. The number of piperazine rings is 1. The van der Waals surface area contributed by atoms with Gasteiger partial charge in [0.15, 0.2) is 0 Å². The molecule has 1 fully saturated rings. The van der Waals surface area contributed by atoms with Gasteiger partial charge in [-0.25, -0.2) is 13.4 Å². The average molecular weight is 298 g/mol. The predicted molar refractivity (Wildman–Crippen MR) is 78.7 cm³/mol. The van der Waals surface area contributed by atoms with E-state index in [9.17, 15) is 8.42 Å². The van der Waals surface area contributed by atoms with Gasteiger partial charge in [-0.05, 0) is 25.5 Å². The molecule has 2 N–H and O–H groups in total. The van der Waals surface area contributed by atoms with E-state index in [-0.39, 0.29) is 10.7 Å². The SMILES string of the molecule is CCC(C)N1CCN(S(=O)(=O)c2cccnc2N)CC1. The molecule has 20 heavy (non-hydrogen) atoms. The highest BCUT2D eigenvalue weighted by Gasteiger charge is 2.31. The van der Waals surface area contributed by atoms with Crippen molar-refractivity contribution in [3.05, 3.63) is 18.3 Å². The van der Waals surface area contributed by atoms with Gasteiger partial charge in [0.2, 0.25) is 10.0 Å². The summed E-state index contributed by atoms with van der Waals surface area (Å²) < 4.78 is 26.6. The number of anilines is 1. The van der Waals surface area contributed by atoms with Crippen molar-refractivity contribution in [3.8, 4) is 0 Å². The monoisotopic (exact) mass is 298 g/mol. The third-order valence-corrected chi connectivity index (χ3v) is 5.85. The highest BCUT2D eigenvalue weighted by Crippen LogP contribution is 2.21. The molecule has 7 heteroatoms. The van der Waals surface area contributed by atoms with Gasteiger partial charge in [-0.15, -0.1) is 0 Å². The van der Waals surface area contributed by atoms with Crippen molar-refractivity contribution >= 4 is 15.8 Å². The van der Waals surface area contributed by atoms with Crippen molar-refractivity contribution in [3.63, 3.8) is 0 Å². The minimum Gasteiger partial charge on any atom is -0.383 e. The molecule has 0 bridgehead atoms. The van der Waals surface area contributed by atoms with Gasteiger partial charge in [-0.1, -0.05) is 6.92 Å². The fourth-order valence-electron chi connectivity index (χ4n) is 2.40. The Morgan fingerprint density at radius 2 is 2.00 bits per heavy atom. The van der Waals surface area contributed by atoms with Crippen molar-refractivity contribution in [1.82, 2.24) is 14.2 Å². The van der Waals surface area contributed by atoms with E-state index in [1.165, 1.54) is 16.6 Å². The maximum atomic E-state index is 12.5. The molecule has 6 nitrogen and oxygen atoms in total. The van der Waals surface area contributed by atoms with Crippen LogP contribution in [-0.4, -0.2) is 54.8 Å². The van der Waals surface area contributed by atoms with Crippen molar-refractivity contribution in [1.29, 1.82) is 0 Å². The van der Waals surface area contributed by atoms with E-state index in [2.05, 4.69) is 23.7 Å². The van der Waals surface area contributed by atoms with Crippen LogP contribution < -0.4 is 5.73 Å². The van der Waals surface area contributed by atoms with Crippen LogP contribution in [0.1, 0.15) is 20.3 Å². The number of hydrogen-bond acceptors (Lipinski definition) is 5. The van der Waals surface area contributed by atoms with Gasteiger partial charge in [-0.3, -0.25) is 4.90 Å². The number of rotatable bonds is 4. The Morgan fingerprint density at radius 3 is 2.55 bits per heavy atom. The lowest BCUT2D eigenvalue weighted by molar-refractivity contribution is 0.142. The normalized spacial score (nSPS) is 19.9. The Kier molecular flexibility index (Phi) is 4.62. The minimum atomic E-state index is -3.53. The van der Waals surface area contributed by atoms with Crippen LogP contribution >= 0.6 is 0 Å². The van der Waals surface area contributed by atoms with Crippen LogP contribution in [0.4, 0.5) is 5.82 Å². The molecule has 2 heterocycles. The third kappa shape index (κ3) is 2.94. The largest absolute Gasteiger partial charge is 0.383 e. The summed E-state index contributed by atoms with van der Waals surface area (Å²) in [6.07, 6.45) is 2.57. The molecule has 112 valence electrons. The quantitative estimate of drug-likeness (QED) is 0.888. The molecular formula is C13H22N4O2S. The van der Waals surface area contributed by atoms with E-state index in [0.717, 1.165) is 19.5 Å². The fourth-order valence-corrected chi connectivity index (χ4v) is 3.89. The summed E-state index contributed by atoms with van der Waals surface area (Å²) in [5.74, 6) is 0.0665. The molecule has 0 saturated carbocycles. The Balaban J connectivity index is 2.12. The van der Waals surface area contributed by atoms with Crippen molar-refractivity contribution in [2.24, 2.45) is 0 Å². The topological polar surface area (TPSA) is 79.5 Å². The van der Waals surface area contributed by atoms with Gasteiger partial charge < -0.3 is 5.73 Å². The van der Waals surface area contributed by atoms with Crippen LogP contribution in [0.2, 0.25) is 0 Å². The molecule has 1 aliphatic heterocycles. The first kappa shape index (κ1) is 15.2. The second-order valence-corrected chi connectivity index (χ2v) is 6.99. The third-order valence-electron chi connectivity index (χ3n) is 3.90. The van der Waals surface area contributed by atoms with E-state index in [1.807, 2.05) is 0 Å². The zero-order valence-corrected chi connectivity index (χ0v) is 12.8. The van der Waals surface area contributed by atoms with Crippen molar-refractivity contribution in [2.75, 3.05) is 31.9 Å². The lowest BCUT2D eigenvalue weighted by Crippen LogP contribution is -2.51. The summed E-state index contributed by atoms with van der Waals surface area (Å²) in [4.78, 5) is 6.28. The second-order valence-electron chi connectivity index (χ2n) is 5.08. The number of aromatic nitrogens is 1. The van der Waals surface area contributed by atoms with E-state index in [0.29, 0.717) is 19.1 Å². The van der Waals surface area contributed by atoms with Gasteiger partial charge in [0.05, 0.1) is 0 Å². The average Bonchev–Trinajstić information content (AvgIpc) is 2.47. The van der Waals surface area contributed by atoms with Crippen LogP contribution in [0.15, 0.2) is 23.2 Å². The lowest BCUT2D eigenvalue weighted by Gasteiger charge is -2.37. The highest BCUT2D eigenvalue weighted by atomic mass is 32.2. The summed E-state index contributed by atoms with van der Waals surface area (Å²) in [6, 6.07) is 3.60. The zero-order chi connectivity index (χ0) is 14.8. The predicted octanol–water partition coefficient (Wildman–Crippen LogP) is 0.769.